The van der Waals surface area contributed by atoms with Gasteiger partial charge in [0, 0.05) is 51.3 Å². The number of hydrogen-bond acceptors (Lipinski definition) is 11. The Balaban J connectivity index is 3.66. The van der Waals surface area contributed by atoms with Gasteiger partial charge in [0.1, 0.15) is 30.8 Å². The van der Waals surface area contributed by atoms with Gasteiger partial charge in [-0.05, 0) is 51.9 Å². The Morgan fingerprint density at radius 2 is 1.00 bits per heavy atom. The molecule has 0 saturated heterocycles. The standard InChI is InChI=1S/C43H77N3O13/c1-3-36(35(2)47)19-16-17-25-44-40(50)33-59-32-30-57-28-26-45-41(51)34-58-31-29-56-27-18-20-37(48)23-24-38(43(54)55)46-39(49)21-14-12-10-8-6-4-5-7-9-11-13-15-22-42(52)53/h36,38H,3-34H2,1-2H3,(H,44,50)(H,45,51)(H,46,49)(H,52,53)(H,54,55). The van der Waals surface area contributed by atoms with Crippen LogP contribution in [0.15, 0.2) is 0 Å². The van der Waals surface area contributed by atoms with Crippen LogP contribution in [-0.2, 0) is 52.5 Å². The summed E-state index contributed by atoms with van der Waals surface area (Å²) in [6.07, 6.45) is 17.0. The van der Waals surface area contributed by atoms with Crippen molar-refractivity contribution in [1.82, 2.24) is 16.0 Å². The Morgan fingerprint density at radius 3 is 1.53 bits per heavy atom. The number of ether oxygens (including phenoxy) is 4. The molecule has 0 radical (unpaired) electrons. The van der Waals surface area contributed by atoms with Crippen LogP contribution in [0.1, 0.15) is 155 Å². The van der Waals surface area contributed by atoms with Gasteiger partial charge in [0.05, 0.1) is 33.0 Å². The molecule has 0 aliphatic heterocycles. The van der Waals surface area contributed by atoms with Crippen LogP contribution in [0.5, 0.6) is 0 Å². The van der Waals surface area contributed by atoms with E-state index in [4.69, 9.17) is 24.1 Å². The van der Waals surface area contributed by atoms with E-state index in [1.165, 1.54) is 19.3 Å². The average molecular weight is 844 g/mol. The van der Waals surface area contributed by atoms with Crippen molar-refractivity contribution in [2.75, 3.05) is 65.9 Å². The summed E-state index contributed by atoms with van der Waals surface area (Å²) in [6, 6.07) is -1.10. The highest BCUT2D eigenvalue weighted by atomic mass is 16.5. The molecule has 3 amide bonds. The van der Waals surface area contributed by atoms with Crippen LogP contribution in [0.4, 0.5) is 0 Å². The molecule has 0 aromatic carbocycles. The fourth-order valence-corrected chi connectivity index (χ4v) is 6.23. The molecule has 16 nitrogen and oxygen atoms in total. The molecule has 0 heterocycles. The first-order chi connectivity index (χ1) is 28.5. The van der Waals surface area contributed by atoms with Crippen LogP contribution in [0.2, 0.25) is 0 Å². The van der Waals surface area contributed by atoms with E-state index in [1.807, 2.05) is 6.92 Å². The second kappa shape index (κ2) is 40.0. The van der Waals surface area contributed by atoms with E-state index < -0.39 is 18.0 Å². The smallest absolute Gasteiger partial charge is 0.326 e. The lowest BCUT2D eigenvalue weighted by molar-refractivity contribution is -0.142. The highest BCUT2D eigenvalue weighted by Crippen LogP contribution is 2.14. The van der Waals surface area contributed by atoms with E-state index in [9.17, 15) is 38.7 Å². The number of carboxylic acids is 2. The number of carbonyl (C=O) groups is 7. The summed E-state index contributed by atoms with van der Waals surface area (Å²) in [6.45, 7) is 5.81. The van der Waals surface area contributed by atoms with E-state index >= 15 is 0 Å². The summed E-state index contributed by atoms with van der Waals surface area (Å²) in [7, 11) is 0. The molecule has 16 heteroatoms. The third-order valence-corrected chi connectivity index (χ3v) is 9.78. The van der Waals surface area contributed by atoms with E-state index in [2.05, 4.69) is 16.0 Å². The quantitative estimate of drug-likeness (QED) is 0.0490. The Morgan fingerprint density at radius 1 is 0.492 bits per heavy atom. The predicted octanol–water partition coefficient (Wildman–Crippen LogP) is 5.32. The SMILES string of the molecule is CCC(CCCCNC(=O)COCCOCCNC(=O)COCCOCCCC(=O)CCC(NC(=O)CCCCCCCCCCCCCCC(=O)O)C(=O)O)C(C)=O. The maximum atomic E-state index is 12.3. The van der Waals surface area contributed by atoms with Gasteiger partial charge in [-0.3, -0.25) is 28.8 Å². The number of hydrogen-bond donors (Lipinski definition) is 5. The minimum Gasteiger partial charge on any atom is -0.481 e. The van der Waals surface area contributed by atoms with Gasteiger partial charge in [-0.15, -0.1) is 0 Å². The third-order valence-electron chi connectivity index (χ3n) is 9.78. The number of unbranched alkanes of at least 4 members (excludes halogenated alkanes) is 12. The second-order valence-electron chi connectivity index (χ2n) is 15.0. The zero-order valence-corrected chi connectivity index (χ0v) is 36.2. The number of carboxylic acid groups (broad SMARTS) is 2. The first-order valence-corrected chi connectivity index (χ1v) is 22.1. The molecule has 0 spiro atoms. The van der Waals surface area contributed by atoms with Crippen molar-refractivity contribution in [2.45, 2.75) is 161 Å². The van der Waals surface area contributed by atoms with Crippen molar-refractivity contribution in [1.29, 1.82) is 0 Å². The van der Waals surface area contributed by atoms with Crippen LogP contribution >= 0.6 is 0 Å². The lowest BCUT2D eigenvalue weighted by atomic mass is 9.95. The maximum Gasteiger partial charge on any atom is 0.326 e. The summed E-state index contributed by atoms with van der Waals surface area (Å²) in [4.78, 5) is 82.0. The third kappa shape index (κ3) is 38.5. The van der Waals surface area contributed by atoms with Crippen molar-refractivity contribution in [3.63, 3.8) is 0 Å². The number of aliphatic carboxylic acids is 2. The van der Waals surface area contributed by atoms with Gasteiger partial charge in [-0.1, -0.05) is 77.6 Å². The first kappa shape index (κ1) is 55.5. The van der Waals surface area contributed by atoms with Gasteiger partial charge >= 0.3 is 11.9 Å². The van der Waals surface area contributed by atoms with Gasteiger partial charge in [0.2, 0.25) is 17.7 Å². The van der Waals surface area contributed by atoms with Crippen molar-refractivity contribution in [3.05, 3.63) is 0 Å². The number of Topliss-reactive ketones (excluding diaryl/α,β-unsaturated/α-hetero) is 2. The Bertz CT molecular complexity index is 1150. The maximum absolute atomic E-state index is 12.3. The normalized spacial score (nSPS) is 12.1. The number of ketones is 2. The molecule has 59 heavy (non-hydrogen) atoms. The van der Waals surface area contributed by atoms with Crippen molar-refractivity contribution in [2.24, 2.45) is 5.92 Å². The summed E-state index contributed by atoms with van der Waals surface area (Å²) in [5.74, 6) is -2.50. The van der Waals surface area contributed by atoms with Gasteiger partial charge in [0.25, 0.3) is 0 Å². The Hall–Kier alpha value is -3.47. The number of rotatable bonds is 44. The predicted molar refractivity (Wildman–Crippen MR) is 223 cm³/mol. The highest BCUT2D eigenvalue weighted by molar-refractivity contribution is 5.84. The van der Waals surface area contributed by atoms with Crippen molar-refractivity contribution in [3.8, 4) is 0 Å². The van der Waals surface area contributed by atoms with E-state index in [1.54, 1.807) is 6.92 Å². The zero-order chi connectivity index (χ0) is 43.8. The summed E-state index contributed by atoms with van der Waals surface area (Å²) < 4.78 is 21.4. The van der Waals surface area contributed by atoms with Crippen LogP contribution in [0.25, 0.3) is 0 Å². The van der Waals surface area contributed by atoms with Crippen molar-refractivity contribution < 1.29 is 62.7 Å². The van der Waals surface area contributed by atoms with Crippen LogP contribution in [-0.4, -0.2) is 123 Å². The fraction of sp³-hybridized carbons (Fsp3) is 0.837. The summed E-state index contributed by atoms with van der Waals surface area (Å²) in [5.41, 5.74) is 0. The van der Waals surface area contributed by atoms with E-state index in [0.29, 0.717) is 32.5 Å². The van der Waals surface area contributed by atoms with Crippen LogP contribution < -0.4 is 16.0 Å². The second-order valence-corrected chi connectivity index (χ2v) is 15.0. The number of nitrogens with one attached hydrogen (secondary N) is 3. The molecule has 0 fully saturated rings. The summed E-state index contributed by atoms with van der Waals surface area (Å²) in [5, 5.41) is 26.2. The topological polar surface area (TPSA) is 233 Å². The van der Waals surface area contributed by atoms with E-state index in [0.717, 1.165) is 77.0 Å². The van der Waals surface area contributed by atoms with Crippen LogP contribution in [0, 0.1) is 5.92 Å². The largest absolute Gasteiger partial charge is 0.481 e. The molecule has 342 valence electrons. The number of amides is 3. The fourth-order valence-electron chi connectivity index (χ4n) is 6.23. The van der Waals surface area contributed by atoms with E-state index in [-0.39, 0.29) is 114 Å². The number of carbonyl (C=O) groups excluding carboxylic acids is 5. The zero-order valence-electron chi connectivity index (χ0n) is 36.2. The Kier molecular flexibility index (Phi) is 37.6. The Labute approximate surface area is 352 Å². The molecule has 0 aliphatic rings. The molecular formula is C43H77N3O13. The molecule has 0 bridgehead atoms. The molecule has 0 aliphatic carbocycles. The van der Waals surface area contributed by atoms with Gasteiger partial charge in [0.15, 0.2) is 0 Å². The lowest BCUT2D eigenvalue weighted by Gasteiger charge is -2.14. The molecule has 0 aromatic heterocycles. The molecular weight excluding hydrogens is 766 g/mol. The molecule has 0 rings (SSSR count). The minimum atomic E-state index is -1.16. The van der Waals surface area contributed by atoms with Gasteiger partial charge in [-0.25, -0.2) is 4.79 Å². The van der Waals surface area contributed by atoms with Crippen molar-refractivity contribution >= 4 is 41.2 Å². The molecule has 0 aromatic rings. The first-order valence-electron chi connectivity index (χ1n) is 22.1. The molecule has 0 saturated carbocycles. The molecule has 2 atom stereocenters. The van der Waals surface area contributed by atoms with Gasteiger partial charge < -0.3 is 45.1 Å². The summed E-state index contributed by atoms with van der Waals surface area (Å²) >= 11 is 0. The monoisotopic (exact) mass is 844 g/mol. The van der Waals surface area contributed by atoms with Gasteiger partial charge in [-0.2, -0.15) is 0 Å². The average Bonchev–Trinajstić information content (AvgIpc) is 3.19. The lowest BCUT2D eigenvalue weighted by Crippen LogP contribution is -2.41. The minimum absolute atomic E-state index is 0.0336. The molecule has 2 unspecified atom stereocenters. The molecule has 5 N–H and O–H groups in total. The highest BCUT2D eigenvalue weighted by Gasteiger charge is 2.21. The van der Waals surface area contributed by atoms with Crippen LogP contribution in [0.3, 0.4) is 0 Å².